The number of hydrogen-bond donors (Lipinski definition) is 2. The van der Waals surface area contributed by atoms with Crippen molar-refractivity contribution in [2.45, 2.75) is 19.4 Å². The summed E-state index contributed by atoms with van der Waals surface area (Å²) >= 11 is 0. The summed E-state index contributed by atoms with van der Waals surface area (Å²) < 4.78 is 4.93. The molecule has 1 aliphatic rings. The van der Waals surface area contributed by atoms with Crippen LogP contribution in [0.2, 0.25) is 0 Å². The molecule has 0 spiro atoms. The van der Waals surface area contributed by atoms with Gasteiger partial charge in [-0.15, -0.1) is 24.8 Å². The highest BCUT2D eigenvalue weighted by Crippen LogP contribution is 2.25. The molecular formula is C12H18Cl2N2O2. The van der Waals surface area contributed by atoms with Gasteiger partial charge in [0.15, 0.2) is 0 Å². The van der Waals surface area contributed by atoms with Crippen LogP contribution in [0.25, 0.3) is 0 Å². The predicted molar refractivity (Wildman–Crippen MR) is 78.1 cm³/mol. The molecule has 18 heavy (non-hydrogen) atoms. The molecule has 1 unspecified atom stereocenters. The smallest absolute Gasteiger partial charge is 0.307 e. The maximum Gasteiger partial charge on any atom is 0.307 e. The van der Waals surface area contributed by atoms with Gasteiger partial charge in [0.25, 0.3) is 0 Å². The van der Waals surface area contributed by atoms with Gasteiger partial charge in [-0.2, -0.15) is 0 Å². The normalized spacial score (nSPS) is 15.9. The summed E-state index contributed by atoms with van der Waals surface area (Å²) in [4.78, 5) is 11.3. The number of hydrogen-bond acceptors (Lipinski definition) is 4. The number of carbonyl (C=O) groups excluding carboxylic acids is 1. The Balaban J connectivity index is 0.00000144. The van der Waals surface area contributed by atoms with E-state index in [-0.39, 0.29) is 36.8 Å². The third-order valence-electron chi connectivity index (χ3n) is 2.54. The monoisotopic (exact) mass is 292 g/mol. The van der Waals surface area contributed by atoms with Crippen LogP contribution in [0.5, 0.6) is 0 Å². The Morgan fingerprint density at radius 1 is 1.33 bits per heavy atom. The number of para-hydroxylation sites is 2. The highest BCUT2D eigenvalue weighted by molar-refractivity contribution is 5.85. The number of benzene rings is 1. The zero-order valence-electron chi connectivity index (χ0n) is 10.1. The van der Waals surface area contributed by atoms with E-state index >= 15 is 0 Å². The van der Waals surface area contributed by atoms with Crippen molar-refractivity contribution in [2.24, 2.45) is 0 Å². The molecule has 0 saturated heterocycles. The number of anilines is 2. The first-order chi connectivity index (χ1) is 7.79. The quantitative estimate of drug-likeness (QED) is 0.841. The lowest BCUT2D eigenvalue weighted by atomic mass is 10.1. The topological polar surface area (TPSA) is 50.4 Å². The van der Waals surface area contributed by atoms with E-state index < -0.39 is 0 Å². The lowest BCUT2D eigenvalue weighted by molar-refractivity contribution is -0.143. The van der Waals surface area contributed by atoms with Crippen molar-refractivity contribution < 1.29 is 9.53 Å². The third kappa shape index (κ3) is 4.27. The molecule has 1 aromatic rings. The van der Waals surface area contributed by atoms with Gasteiger partial charge in [0.1, 0.15) is 0 Å². The van der Waals surface area contributed by atoms with Gasteiger partial charge in [-0.25, -0.2) is 0 Å². The van der Waals surface area contributed by atoms with Crippen molar-refractivity contribution in [3.63, 3.8) is 0 Å². The van der Waals surface area contributed by atoms with E-state index in [0.717, 1.165) is 17.9 Å². The van der Waals surface area contributed by atoms with Crippen molar-refractivity contribution in [1.29, 1.82) is 0 Å². The second-order valence-electron chi connectivity index (χ2n) is 3.78. The molecule has 1 atom stereocenters. The molecule has 0 fully saturated rings. The number of halogens is 2. The number of nitrogens with one attached hydrogen (secondary N) is 2. The van der Waals surface area contributed by atoms with Crippen molar-refractivity contribution in [2.75, 3.05) is 23.8 Å². The molecular weight excluding hydrogens is 275 g/mol. The number of carbonyl (C=O) groups is 1. The van der Waals surface area contributed by atoms with Crippen LogP contribution in [0.4, 0.5) is 11.4 Å². The molecule has 0 radical (unpaired) electrons. The number of ether oxygens (including phenoxy) is 1. The van der Waals surface area contributed by atoms with E-state index in [9.17, 15) is 4.79 Å². The fraction of sp³-hybridized carbons (Fsp3) is 0.417. The van der Waals surface area contributed by atoms with E-state index in [1.807, 2.05) is 31.2 Å². The lowest BCUT2D eigenvalue weighted by Gasteiger charge is -2.27. The average molecular weight is 293 g/mol. The summed E-state index contributed by atoms with van der Waals surface area (Å²) in [7, 11) is 0. The largest absolute Gasteiger partial charge is 0.466 e. The fourth-order valence-corrected chi connectivity index (χ4v) is 1.81. The minimum atomic E-state index is -0.152. The van der Waals surface area contributed by atoms with Crippen LogP contribution in [0, 0.1) is 0 Å². The molecule has 0 aliphatic carbocycles. The standard InChI is InChI=1S/C12H16N2O2.2ClH/c1-2-16-12(15)7-9-8-13-10-5-3-4-6-11(10)14-9;;/h3-6,9,13-14H,2,7-8H2,1H3;2*1H. The first kappa shape index (κ1) is 16.9. The second-order valence-corrected chi connectivity index (χ2v) is 3.78. The zero-order chi connectivity index (χ0) is 11.4. The van der Waals surface area contributed by atoms with E-state index in [4.69, 9.17) is 4.74 Å². The number of rotatable bonds is 3. The highest BCUT2D eigenvalue weighted by Gasteiger charge is 2.19. The van der Waals surface area contributed by atoms with Crippen molar-refractivity contribution in [1.82, 2.24) is 0 Å². The van der Waals surface area contributed by atoms with Crippen molar-refractivity contribution >= 4 is 42.2 Å². The van der Waals surface area contributed by atoms with Crippen LogP contribution >= 0.6 is 24.8 Å². The summed E-state index contributed by atoms with van der Waals surface area (Å²) in [6.45, 7) is 3.01. The van der Waals surface area contributed by atoms with Gasteiger partial charge >= 0.3 is 5.97 Å². The molecule has 0 saturated carbocycles. The molecule has 2 N–H and O–H groups in total. The minimum Gasteiger partial charge on any atom is -0.466 e. The summed E-state index contributed by atoms with van der Waals surface area (Å²) in [5, 5.41) is 6.61. The van der Waals surface area contributed by atoms with Crippen LogP contribution < -0.4 is 10.6 Å². The van der Waals surface area contributed by atoms with Crippen LogP contribution in [0.3, 0.4) is 0 Å². The maximum atomic E-state index is 11.3. The van der Waals surface area contributed by atoms with E-state index in [1.54, 1.807) is 0 Å². The van der Waals surface area contributed by atoms with Crippen molar-refractivity contribution in [3.8, 4) is 0 Å². The Hall–Kier alpha value is -1.13. The van der Waals surface area contributed by atoms with Crippen LogP contribution in [-0.4, -0.2) is 25.2 Å². The molecule has 1 heterocycles. The third-order valence-corrected chi connectivity index (χ3v) is 2.54. The van der Waals surface area contributed by atoms with E-state index in [1.165, 1.54) is 0 Å². The molecule has 102 valence electrons. The summed E-state index contributed by atoms with van der Waals surface area (Å²) in [6, 6.07) is 8.08. The summed E-state index contributed by atoms with van der Waals surface area (Å²) in [5.74, 6) is -0.152. The molecule has 0 aromatic heterocycles. The van der Waals surface area contributed by atoms with Gasteiger partial charge in [-0.3, -0.25) is 4.79 Å². The minimum absolute atomic E-state index is 0. The Morgan fingerprint density at radius 2 is 2.00 bits per heavy atom. The first-order valence-electron chi connectivity index (χ1n) is 5.54. The van der Waals surface area contributed by atoms with Crippen LogP contribution in [0.1, 0.15) is 13.3 Å². The molecule has 0 amide bonds. The SMILES string of the molecule is CCOC(=O)CC1CNc2ccccc2N1.Cl.Cl. The lowest BCUT2D eigenvalue weighted by Crippen LogP contribution is -2.35. The number of fused-ring (bicyclic) bond motifs is 1. The zero-order valence-corrected chi connectivity index (χ0v) is 11.8. The van der Waals surface area contributed by atoms with Crippen LogP contribution in [-0.2, 0) is 9.53 Å². The van der Waals surface area contributed by atoms with Gasteiger partial charge in [-0.1, -0.05) is 12.1 Å². The van der Waals surface area contributed by atoms with Gasteiger partial charge in [0, 0.05) is 6.54 Å². The number of esters is 1. The highest BCUT2D eigenvalue weighted by atomic mass is 35.5. The van der Waals surface area contributed by atoms with Gasteiger partial charge in [0.05, 0.1) is 30.4 Å². The first-order valence-corrected chi connectivity index (χ1v) is 5.54. The predicted octanol–water partition coefficient (Wildman–Crippen LogP) is 2.69. The van der Waals surface area contributed by atoms with Gasteiger partial charge in [-0.05, 0) is 19.1 Å². The Labute approximate surface area is 119 Å². The molecule has 4 nitrogen and oxygen atoms in total. The molecule has 1 aliphatic heterocycles. The summed E-state index contributed by atoms with van der Waals surface area (Å²) in [6.07, 6.45) is 0.398. The Bertz CT molecular complexity index is 388. The van der Waals surface area contributed by atoms with E-state index in [0.29, 0.717) is 13.0 Å². The Morgan fingerprint density at radius 3 is 2.67 bits per heavy atom. The molecule has 2 rings (SSSR count). The fourth-order valence-electron chi connectivity index (χ4n) is 1.81. The van der Waals surface area contributed by atoms with Gasteiger partial charge in [0.2, 0.25) is 0 Å². The second kappa shape index (κ2) is 8.06. The van der Waals surface area contributed by atoms with Crippen molar-refractivity contribution in [3.05, 3.63) is 24.3 Å². The van der Waals surface area contributed by atoms with Crippen LogP contribution in [0.15, 0.2) is 24.3 Å². The average Bonchev–Trinajstić information content (AvgIpc) is 2.29. The maximum absolute atomic E-state index is 11.3. The molecule has 1 aromatic carbocycles. The summed E-state index contributed by atoms with van der Waals surface area (Å²) in [5.41, 5.74) is 2.13. The Kier molecular flexibility index (Phi) is 7.55. The molecule has 6 heteroatoms. The van der Waals surface area contributed by atoms with Gasteiger partial charge < -0.3 is 15.4 Å². The van der Waals surface area contributed by atoms with E-state index in [2.05, 4.69) is 10.6 Å². The molecule has 0 bridgehead atoms.